The van der Waals surface area contributed by atoms with Crippen LogP contribution in [0.3, 0.4) is 0 Å². The molecule has 1 rings (SSSR count). The normalized spacial score (nSPS) is 24.7. The summed E-state index contributed by atoms with van der Waals surface area (Å²) in [5, 5.41) is 0. The minimum absolute atomic E-state index is 0.137. The van der Waals surface area contributed by atoms with Gasteiger partial charge in [0.15, 0.2) is 5.78 Å². The van der Waals surface area contributed by atoms with Gasteiger partial charge < -0.3 is 0 Å². The van der Waals surface area contributed by atoms with Crippen LogP contribution in [0.15, 0.2) is 23.8 Å². The molecule has 0 aromatic rings. The van der Waals surface area contributed by atoms with E-state index in [0.717, 1.165) is 12.8 Å². The molecule has 1 nitrogen and oxygen atoms in total. The summed E-state index contributed by atoms with van der Waals surface area (Å²) in [5.74, 6) is 0.705. The van der Waals surface area contributed by atoms with Crippen LogP contribution in [0.1, 0.15) is 26.7 Å². The number of ketones is 1. The van der Waals surface area contributed by atoms with E-state index in [-0.39, 0.29) is 5.78 Å². The van der Waals surface area contributed by atoms with Gasteiger partial charge in [-0.15, -0.1) is 0 Å². The van der Waals surface area contributed by atoms with Gasteiger partial charge >= 0.3 is 0 Å². The summed E-state index contributed by atoms with van der Waals surface area (Å²) in [4.78, 5) is 11.0. The third-order valence-corrected chi connectivity index (χ3v) is 2.03. The van der Waals surface area contributed by atoms with Crippen LogP contribution >= 0.6 is 0 Å². The Morgan fingerprint density at radius 1 is 1.64 bits per heavy atom. The molecule has 0 fully saturated rings. The second kappa shape index (κ2) is 3.51. The predicted molar refractivity (Wildman–Crippen MR) is 46.3 cm³/mol. The van der Waals surface area contributed by atoms with E-state index in [1.807, 2.05) is 13.0 Å². The van der Waals surface area contributed by atoms with Gasteiger partial charge in [0.1, 0.15) is 0 Å². The molecule has 0 saturated heterocycles. The zero-order chi connectivity index (χ0) is 8.27. The van der Waals surface area contributed by atoms with E-state index in [9.17, 15) is 4.79 Å². The Kier molecular flexibility index (Phi) is 2.64. The highest BCUT2D eigenvalue weighted by molar-refractivity contribution is 5.99. The lowest BCUT2D eigenvalue weighted by atomic mass is 9.99. The molecule has 1 atom stereocenters. The lowest BCUT2D eigenvalue weighted by Gasteiger charge is -2.06. The topological polar surface area (TPSA) is 17.1 Å². The highest BCUT2D eigenvalue weighted by atomic mass is 16.1. The molecule has 0 N–H and O–H groups in total. The number of carbonyl (C=O) groups excluding carboxylic acids is 1. The van der Waals surface area contributed by atoms with Gasteiger partial charge in [0.2, 0.25) is 0 Å². The molecule has 0 heterocycles. The molecule has 60 valence electrons. The quantitative estimate of drug-likeness (QED) is 0.561. The third-order valence-electron chi connectivity index (χ3n) is 2.03. The average molecular weight is 150 g/mol. The Morgan fingerprint density at radius 2 is 2.36 bits per heavy atom. The smallest absolute Gasteiger partial charge is 0.178 e. The van der Waals surface area contributed by atoms with Gasteiger partial charge in [-0.25, -0.2) is 0 Å². The third kappa shape index (κ3) is 2.34. The summed E-state index contributed by atoms with van der Waals surface area (Å²) in [6.45, 7) is 4.17. The number of allylic oxidation sites excluding steroid dienone is 4. The van der Waals surface area contributed by atoms with Gasteiger partial charge in [-0.1, -0.05) is 18.6 Å². The molecule has 11 heavy (non-hydrogen) atoms. The van der Waals surface area contributed by atoms with Crippen LogP contribution in [0.5, 0.6) is 0 Å². The fourth-order valence-corrected chi connectivity index (χ4v) is 1.34. The molecule has 0 aromatic carbocycles. The van der Waals surface area contributed by atoms with E-state index in [0.29, 0.717) is 5.92 Å². The van der Waals surface area contributed by atoms with Crippen molar-refractivity contribution in [2.75, 3.05) is 0 Å². The van der Waals surface area contributed by atoms with Gasteiger partial charge in [0.05, 0.1) is 0 Å². The maximum Gasteiger partial charge on any atom is 0.178 e. The van der Waals surface area contributed by atoms with Gasteiger partial charge in [0.25, 0.3) is 0 Å². The summed E-state index contributed by atoms with van der Waals surface area (Å²) < 4.78 is 0. The zero-order valence-corrected chi connectivity index (χ0v) is 7.13. The van der Waals surface area contributed by atoms with Crippen molar-refractivity contribution in [3.05, 3.63) is 23.8 Å². The molecule has 0 aromatic heterocycles. The molecule has 1 aliphatic carbocycles. The molecule has 1 unspecified atom stereocenters. The molecule has 0 aliphatic heterocycles. The van der Waals surface area contributed by atoms with E-state index in [1.54, 1.807) is 12.2 Å². The molecule has 0 amide bonds. The monoisotopic (exact) mass is 150 g/mol. The van der Waals surface area contributed by atoms with Gasteiger partial charge in [-0.05, 0) is 37.8 Å². The van der Waals surface area contributed by atoms with Crippen LogP contribution in [0.2, 0.25) is 0 Å². The molecule has 0 radical (unpaired) electrons. The summed E-state index contributed by atoms with van der Waals surface area (Å²) in [7, 11) is 0. The Bertz CT molecular complexity index is 211. The molecular formula is C10H14O. The fraction of sp³-hybridized carbons (Fsp3) is 0.500. The number of hydrogen-bond donors (Lipinski definition) is 0. The number of hydrogen-bond acceptors (Lipinski definition) is 1. The summed E-state index contributed by atoms with van der Waals surface area (Å²) in [5.41, 5.74) is 1.20. The summed E-state index contributed by atoms with van der Waals surface area (Å²) in [6, 6.07) is 0. The Balaban J connectivity index is 2.74. The van der Waals surface area contributed by atoms with Crippen LogP contribution in [-0.4, -0.2) is 5.78 Å². The van der Waals surface area contributed by atoms with Crippen LogP contribution in [0, 0.1) is 5.92 Å². The van der Waals surface area contributed by atoms with Gasteiger partial charge in [-0.2, -0.15) is 0 Å². The Labute approximate surface area is 67.8 Å². The van der Waals surface area contributed by atoms with Crippen molar-refractivity contribution in [3.8, 4) is 0 Å². The first kappa shape index (κ1) is 8.25. The Morgan fingerprint density at radius 3 is 3.00 bits per heavy atom. The van der Waals surface area contributed by atoms with Gasteiger partial charge in [0, 0.05) is 0 Å². The standard InChI is InChI=1S/C10H14O/c1-3-9-4-5-10(11)7-8(2)6-9/h4-5,7,9H,3,6H2,1-2H3. The van der Waals surface area contributed by atoms with E-state index in [1.165, 1.54) is 5.57 Å². The van der Waals surface area contributed by atoms with Crippen molar-refractivity contribution >= 4 is 5.78 Å². The average Bonchev–Trinajstić information content (AvgIpc) is 2.11. The van der Waals surface area contributed by atoms with Crippen molar-refractivity contribution in [3.63, 3.8) is 0 Å². The summed E-state index contributed by atoms with van der Waals surface area (Å²) in [6.07, 6.45) is 7.60. The first-order valence-corrected chi connectivity index (χ1v) is 4.11. The second-order valence-corrected chi connectivity index (χ2v) is 3.12. The minimum atomic E-state index is 0.137. The van der Waals surface area contributed by atoms with Crippen LogP contribution in [-0.2, 0) is 4.79 Å². The van der Waals surface area contributed by atoms with Crippen molar-refractivity contribution < 1.29 is 4.79 Å². The van der Waals surface area contributed by atoms with E-state index in [4.69, 9.17) is 0 Å². The highest BCUT2D eigenvalue weighted by Crippen LogP contribution is 2.18. The largest absolute Gasteiger partial charge is 0.290 e. The fourth-order valence-electron chi connectivity index (χ4n) is 1.34. The first-order chi connectivity index (χ1) is 5.22. The summed E-state index contributed by atoms with van der Waals surface area (Å²) >= 11 is 0. The van der Waals surface area contributed by atoms with Crippen molar-refractivity contribution in [1.82, 2.24) is 0 Å². The SMILES string of the molecule is CCC1C=CC(=O)C=C(C)C1. The predicted octanol–water partition coefficient (Wildman–Crippen LogP) is 2.49. The first-order valence-electron chi connectivity index (χ1n) is 4.11. The minimum Gasteiger partial charge on any atom is -0.290 e. The van der Waals surface area contributed by atoms with Crippen molar-refractivity contribution in [2.45, 2.75) is 26.7 Å². The molecular weight excluding hydrogens is 136 g/mol. The highest BCUT2D eigenvalue weighted by Gasteiger charge is 2.07. The lowest BCUT2D eigenvalue weighted by Crippen LogP contribution is -1.92. The molecule has 0 spiro atoms. The molecule has 0 bridgehead atoms. The molecule has 1 heteroatoms. The van der Waals surface area contributed by atoms with E-state index in [2.05, 4.69) is 6.92 Å². The van der Waals surface area contributed by atoms with E-state index >= 15 is 0 Å². The number of carbonyl (C=O) groups is 1. The number of rotatable bonds is 1. The van der Waals surface area contributed by atoms with E-state index < -0.39 is 0 Å². The maximum absolute atomic E-state index is 11.0. The van der Waals surface area contributed by atoms with Crippen LogP contribution in [0.25, 0.3) is 0 Å². The molecule has 1 aliphatic rings. The second-order valence-electron chi connectivity index (χ2n) is 3.12. The van der Waals surface area contributed by atoms with Crippen molar-refractivity contribution in [1.29, 1.82) is 0 Å². The van der Waals surface area contributed by atoms with Crippen LogP contribution < -0.4 is 0 Å². The Hall–Kier alpha value is -0.850. The molecule has 0 saturated carbocycles. The van der Waals surface area contributed by atoms with Crippen LogP contribution in [0.4, 0.5) is 0 Å². The lowest BCUT2D eigenvalue weighted by molar-refractivity contribution is -0.110. The van der Waals surface area contributed by atoms with Gasteiger partial charge in [-0.3, -0.25) is 4.79 Å². The van der Waals surface area contributed by atoms with Crippen molar-refractivity contribution in [2.24, 2.45) is 5.92 Å². The maximum atomic E-state index is 11.0. The zero-order valence-electron chi connectivity index (χ0n) is 7.13.